The van der Waals surface area contributed by atoms with Crippen molar-refractivity contribution in [2.24, 2.45) is 5.73 Å². The van der Waals surface area contributed by atoms with E-state index in [0.717, 1.165) is 15.4 Å². The van der Waals surface area contributed by atoms with Gasteiger partial charge in [-0.25, -0.2) is 9.37 Å². The van der Waals surface area contributed by atoms with Gasteiger partial charge in [0.05, 0.1) is 0 Å². The van der Waals surface area contributed by atoms with Gasteiger partial charge < -0.3 is 5.73 Å². The molecule has 90 valence electrons. The van der Waals surface area contributed by atoms with E-state index in [1.54, 1.807) is 23.5 Å². The zero-order valence-electron chi connectivity index (χ0n) is 9.90. The van der Waals surface area contributed by atoms with Crippen LogP contribution in [0, 0.1) is 5.82 Å². The van der Waals surface area contributed by atoms with Gasteiger partial charge in [0.2, 0.25) is 0 Å². The van der Waals surface area contributed by atoms with E-state index in [4.69, 9.17) is 5.73 Å². The maximum atomic E-state index is 12.9. The summed E-state index contributed by atoms with van der Waals surface area (Å²) in [5.74, 6) is -0.216. The third-order valence-electron chi connectivity index (χ3n) is 2.86. The molecule has 0 aliphatic heterocycles. The SMILES string of the molecule is CC(C)(c1ccc(F)cc1)c1ncc(CN)s1. The highest BCUT2D eigenvalue weighted by molar-refractivity contribution is 7.11. The fourth-order valence-corrected chi connectivity index (χ4v) is 2.60. The minimum Gasteiger partial charge on any atom is -0.326 e. The first-order chi connectivity index (χ1) is 8.04. The summed E-state index contributed by atoms with van der Waals surface area (Å²) < 4.78 is 12.9. The van der Waals surface area contributed by atoms with E-state index >= 15 is 0 Å². The van der Waals surface area contributed by atoms with Crippen molar-refractivity contribution in [1.29, 1.82) is 0 Å². The molecule has 1 aromatic carbocycles. The fourth-order valence-electron chi connectivity index (χ4n) is 1.68. The Morgan fingerprint density at radius 3 is 2.47 bits per heavy atom. The van der Waals surface area contributed by atoms with Gasteiger partial charge in [0.1, 0.15) is 10.8 Å². The second-order valence-corrected chi connectivity index (χ2v) is 5.58. The molecule has 0 spiro atoms. The highest BCUT2D eigenvalue weighted by Gasteiger charge is 2.26. The summed E-state index contributed by atoms with van der Waals surface area (Å²) in [7, 11) is 0. The third-order valence-corrected chi connectivity index (χ3v) is 4.20. The molecule has 0 saturated heterocycles. The van der Waals surface area contributed by atoms with Gasteiger partial charge in [0, 0.05) is 23.0 Å². The first kappa shape index (κ1) is 12.2. The molecular weight excluding hydrogens is 235 g/mol. The Morgan fingerprint density at radius 1 is 1.29 bits per heavy atom. The molecule has 2 aromatic rings. The molecule has 0 radical (unpaired) electrons. The van der Waals surface area contributed by atoms with Crippen molar-refractivity contribution in [2.75, 3.05) is 0 Å². The van der Waals surface area contributed by atoms with Crippen molar-refractivity contribution in [3.8, 4) is 0 Å². The normalized spacial score (nSPS) is 11.8. The van der Waals surface area contributed by atoms with Crippen LogP contribution in [-0.4, -0.2) is 4.98 Å². The average molecular weight is 250 g/mol. The Bertz CT molecular complexity index is 502. The van der Waals surface area contributed by atoms with Crippen LogP contribution in [0.5, 0.6) is 0 Å². The predicted molar refractivity (Wildman–Crippen MR) is 68.5 cm³/mol. The zero-order chi connectivity index (χ0) is 12.5. The Balaban J connectivity index is 2.37. The molecule has 0 fully saturated rings. The van der Waals surface area contributed by atoms with Crippen molar-refractivity contribution in [3.05, 3.63) is 51.7 Å². The molecule has 0 aliphatic rings. The van der Waals surface area contributed by atoms with E-state index in [-0.39, 0.29) is 11.2 Å². The van der Waals surface area contributed by atoms with Gasteiger partial charge in [-0.3, -0.25) is 0 Å². The number of benzene rings is 1. The minimum absolute atomic E-state index is 0.216. The summed E-state index contributed by atoms with van der Waals surface area (Å²) in [6, 6.07) is 6.57. The first-order valence-corrected chi connectivity index (χ1v) is 6.27. The van der Waals surface area contributed by atoms with Crippen molar-refractivity contribution < 1.29 is 4.39 Å². The van der Waals surface area contributed by atoms with Gasteiger partial charge in [0.15, 0.2) is 0 Å². The number of rotatable bonds is 3. The number of hydrogen-bond donors (Lipinski definition) is 1. The molecule has 2 N–H and O–H groups in total. The van der Waals surface area contributed by atoms with Crippen LogP contribution in [0.4, 0.5) is 4.39 Å². The van der Waals surface area contributed by atoms with E-state index in [1.165, 1.54) is 12.1 Å². The standard InChI is InChI=1S/C13H15FN2S/c1-13(2,9-3-5-10(14)6-4-9)12-16-8-11(7-15)17-12/h3-6,8H,7,15H2,1-2H3. The Labute approximate surface area is 104 Å². The predicted octanol–water partition coefficient (Wildman–Crippen LogP) is 3.07. The summed E-state index contributed by atoms with van der Waals surface area (Å²) in [6.45, 7) is 4.68. The molecule has 4 heteroatoms. The molecule has 0 unspecified atom stereocenters. The van der Waals surface area contributed by atoms with E-state index in [2.05, 4.69) is 18.8 Å². The Morgan fingerprint density at radius 2 is 1.94 bits per heavy atom. The Kier molecular flexibility index (Phi) is 3.26. The van der Waals surface area contributed by atoms with Gasteiger partial charge in [-0.2, -0.15) is 0 Å². The lowest BCUT2D eigenvalue weighted by atomic mass is 9.85. The van der Waals surface area contributed by atoms with Crippen LogP contribution >= 0.6 is 11.3 Å². The number of thiazole rings is 1. The van der Waals surface area contributed by atoms with Crippen LogP contribution in [0.25, 0.3) is 0 Å². The van der Waals surface area contributed by atoms with Crippen molar-refractivity contribution in [3.63, 3.8) is 0 Å². The quantitative estimate of drug-likeness (QED) is 0.909. The summed E-state index contributed by atoms with van der Waals surface area (Å²) in [5.41, 5.74) is 6.42. The van der Waals surface area contributed by atoms with Crippen LogP contribution in [0.15, 0.2) is 30.5 Å². The molecule has 0 aliphatic carbocycles. The third kappa shape index (κ3) is 2.37. The molecule has 1 heterocycles. The maximum absolute atomic E-state index is 12.9. The lowest BCUT2D eigenvalue weighted by Gasteiger charge is -2.22. The topological polar surface area (TPSA) is 38.9 Å². The molecule has 0 atom stereocenters. The zero-order valence-corrected chi connectivity index (χ0v) is 10.7. The molecule has 0 amide bonds. The van der Waals surface area contributed by atoms with Gasteiger partial charge in [-0.05, 0) is 31.5 Å². The highest BCUT2D eigenvalue weighted by atomic mass is 32.1. The number of hydrogen-bond acceptors (Lipinski definition) is 3. The minimum atomic E-state index is -0.216. The Hall–Kier alpha value is -1.26. The average Bonchev–Trinajstić information content (AvgIpc) is 2.78. The molecule has 1 aromatic heterocycles. The second kappa shape index (κ2) is 4.55. The molecule has 0 bridgehead atoms. The van der Waals surface area contributed by atoms with Crippen molar-refractivity contribution >= 4 is 11.3 Å². The monoisotopic (exact) mass is 250 g/mol. The number of halogens is 1. The molecule has 2 nitrogen and oxygen atoms in total. The van der Waals surface area contributed by atoms with Gasteiger partial charge in [-0.15, -0.1) is 11.3 Å². The van der Waals surface area contributed by atoms with Crippen LogP contribution < -0.4 is 5.73 Å². The number of nitrogens with zero attached hydrogens (tertiary/aromatic N) is 1. The molecule has 2 rings (SSSR count). The van der Waals surface area contributed by atoms with Crippen molar-refractivity contribution in [2.45, 2.75) is 25.8 Å². The van der Waals surface area contributed by atoms with E-state index in [0.29, 0.717) is 6.54 Å². The second-order valence-electron chi connectivity index (χ2n) is 4.47. The lowest BCUT2D eigenvalue weighted by Crippen LogP contribution is -2.18. The van der Waals surface area contributed by atoms with Crippen molar-refractivity contribution in [1.82, 2.24) is 4.98 Å². The first-order valence-electron chi connectivity index (χ1n) is 5.45. The number of aromatic nitrogens is 1. The van der Waals surface area contributed by atoms with E-state index in [1.807, 2.05) is 6.20 Å². The van der Waals surface area contributed by atoms with Gasteiger partial charge >= 0.3 is 0 Å². The maximum Gasteiger partial charge on any atom is 0.123 e. The van der Waals surface area contributed by atoms with E-state index in [9.17, 15) is 4.39 Å². The van der Waals surface area contributed by atoms with Crippen LogP contribution in [0.2, 0.25) is 0 Å². The highest BCUT2D eigenvalue weighted by Crippen LogP contribution is 2.33. The summed E-state index contributed by atoms with van der Waals surface area (Å²) >= 11 is 1.61. The number of nitrogens with two attached hydrogens (primary N) is 1. The molecule has 0 saturated carbocycles. The van der Waals surface area contributed by atoms with Gasteiger partial charge in [0.25, 0.3) is 0 Å². The lowest BCUT2D eigenvalue weighted by molar-refractivity contribution is 0.612. The smallest absolute Gasteiger partial charge is 0.123 e. The fraction of sp³-hybridized carbons (Fsp3) is 0.308. The largest absolute Gasteiger partial charge is 0.326 e. The summed E-state index contributed by atoms with van der Waals surface area (Å²) in [4.78, 5) is 5.47. The van der Waals surface area contributed by atoms with Gasteiger partial charge in [-0.1, -0.05) is 12.1 Å². The molecular formula is C13H15FN2S. The van der Waals surface area contributed by atoms with Crippen LogP contribution in [-0.2, 0) is 12.0 Å². The van der Waals surface area contributed by atoms with E-state index < -0.39 is 0 Å². The van der Waals surface area contributed by atoms with Crippen LogP contribution in [0.3, 0.4) is 0 Å². The summed E-state index contributed by atoms with van der Waals surface area (Å²) in [5, 5.41) is 1.00. The van der Waals surface area contributed by atoms with Crippen LogP contribution in [0.1, 0.15) is 29.3 Å². The molecule has 17 heavy (non-hydrogen) atoms. The summed E-state index contributed by atoms with van der Waals surface area (Å²) in [6.07, 6.45) is 1.81.